The number of carboxylic acid groups (broad SMARTS) is 1. The molecule has 0 aliphatic carbocycles. The fourth-order valence-corrected chi connectivity index (χ4v) is 2.20. The quantitative estimate of drug-likeness (QED) is 0.710. The second kappa shape index (κ2) is 9.32. The lowest BCUT2D eigenvalue weighted by Gasteiger charge is -2.22. The van der Waals surface area contributed by atoms with E-state index in [9.17, 15) is 4.79 Å². The predicted octanol–water partition coefficient (Wildman–Crippen LogP) is 2.56. The molecule has 0 radical (unpaired) electrons. The maximum Gasteiger partial charge on any atom is 0.328 e. The largest absolute Gasteiger partial charge is 0.478 e. The van der Waals surface area contributed by atoms with E-state index in [1.165, 1.54) is 11.6 Å². The van der Waals surface area contributed by atoms with Gasteiger partial charge < -0.3 is 10.0 Å². The zero-order valence-corrected chi connectivity index (χ0v) is 13.2. The Labute approximate surface area is 127 Å². The average molecular weight is 290 g/mol. The van der Waals surface area contributed by atoms with Gasteiger partial charge in [0.25, 0.3) is 0 Å². The third-order valence-corrected chi connectivity index (χ3v) is 3.38. The van der Waals surface area contributed by atoms with Gasteiger partial charge >= 0.3 is 5.97 Å². The Morgan fingerprint density at radius 1 is 1.24 bits per heavy atom. The molecule has 0 aliphatic heterocycles. The van der Waals surface area contributed by atoms with Gasteiger partial charge in [-0.05, 0) is 57.4 Å². The molecule has 0 fully saturated rings. The highest BCUT2D eigenvalue weighted by Gasteiger charge is 2.06. The third-order valence-electron chi connectivity index (χ3n) is 3.38. The van der Waals surface area contributed by atoms with E-state index in [2.05, 4.69) is 36.9 Å². The van der Waals surface area contributed by atoms with Crippen LogP contribution in [0, 0.1) is 0 Å². The zero-order chi connectivity index (χ0) is 15.7. The summed E-state index contributed by atoms with van der Waals surface area (Å²) in [5.74, 6) is -0.914. The first-order valence-corrected chi connectivity index (χ1v) is 7.39. The fraction of sp³-hybridized carbons (Fsp3) is 0.471. The first-order chi connectivity index (χ1) is 10.0. The molecule has 4 nitrogen and oxygen atoms in total. The minimum Gasteiger partial charge on any atom is -0.478 e. The summed E-state index contributed by atoms with van der Waals surface area (Å²) in [6.07, 6.45) is 4.00. The van der Waals surface area contributed by atoms with E-state index in [-0.39, 0.29) is 0 Å². The van der Waals surface area contributed by atoms with Gasteiger partial charge in [0.1, 0.15) is 0 Å². The van der Waals surface area contributed by atoms with Crippen molar-refractivity contribution >= 4 is 12.0 Å². The number of hydrogen-bond donors (Lipinski definition) is 1. The standard InChI is InChI=1S/C17H26N2O2/c1-4-19(13-7-12-18(2)3)14-16-9-6-5-8-15(16)10-11-17(20)21/h5-6,8-11H,4,7,12-14H2,1-3H3,(H,20,21)/b11-10+. The van der Waals surface area contributed by atoms with E-state index in [1.807, 2.05) is 18.2 Å². The van der Waals surface area contributed by atoms with Crippen LogP contribution in [-0.2, 0) is 11.3 Å². The molecule has 0 saturated heterocycles. The molecule has 0 unspecified atom stereocenters. The van der Waals surface area contributed by atoms with Gasteiger partial charge in [-0.25, -0.2) is 4.79 Å². The van der Waals surface area contributed by atoms with Crippen molar-refractivity contribution in [3.63, 3.8) is 0 Å². The average Bonchev–Trinajstić information content (AvgIpc) is 2.44. The van der Waals surface area contributed by atoms with Crippen molar-refractivity contribution in [1.29, 1.82) is 0 Å². The van der Waals surface area contributed by atoms with Crippen LogP contribution in [0.4, 0.5) is 0 Å². The summed E-state index contributed by atoms with van der Waals surface area (Å²) in [5.41, 5.74) is 2.15. The first-order valence-electron chi connectivity index (χ1n) is 7.39. The van der Waals surface area contributed by atoms with E-state index >= 15 is 0 Å². The van der Waals surface area contributed by atoms with Crippen molar-refractivity contribution < 1.29 is 9.90 Å². The molecule has 1 N–H and O–H groups in total. The second-order valence-corrected chi connectivity index (χ2v) is 5.40. The van der Waals surface area contributed by atoms with Crippen molar-refractivity contribution in [3.8, 4) is 0 Å². The van der Waals surface area contributed by atoms with Crippen molar-refractivity contribution in [2.75, 3.05) is 33.7 Å². The number of aliphatic carboxylic acids is 1. The SMILES string of the molecule is CCN(CCCN(C)C)Cc1ccccc1/C=C/C(=O)O. The number of nitrogens with zero attached hydrogens (tertiary/aromatic N) is 2. The van der Waals surface area contributed by atoms with E-state index in [0.29, 0.717) is 0 Å². The van der Waals surface area contributed by atoms with Crippen LogP contribution in [0.2, 0.25) is 0 Å². The normalized spacial score (nSPS) is 11.7. The maximum absolute atomic E-state index is 10.7. The fourth-order valence-electron chi connectivity index (χ4n) is 2.20. The summed E-state index contributed by atoms with van der Waals surface area (Å²) in [6.45, 7) is 6.13. The zero-order valence-electron chi connectivity index (χ0n) is 13.2. The molecule has 0 heterocycles. The summed E-state index contributed by atoms with van der Waals surface area (Å²) in [4.78, 5) is 15.2. The Bertz CT molecular complexity index is 470. The van der Waals surface area contributed by atoms with Crippen molar-refractivity contribution in [3.05, 3.63) is 41.5 Å². The summed E-state index contributed by atoms with van der Waals surface area (Å²) in [5, 5.41) is 8.76. The smallest absolute Gasteiger partial charge is 0.328 e. The van der Waals surface area contributed by atoms with Gasteiger partial charge in [-0.3, -0.25) is 4.90 Å². The molecule has 0 bridgehead atoms. The van der Waals surface area contributed by atoms with E-state index in [1.54, 1.807) is 6.08 Å². The summed E-state index contributed by atoms with van der Waals surface area (Å²) >= 11 is 0. The van der Waals surface area contributed by atoms with E-state index in [4.69, 9.17) is 5.11 Å². The lowest BCUT2D eigenvalue weighted by atomic mass is 10.1. The summed E-state index contributed by atoms with van der Waals surface area (Å²) in [7, 11) is 4.17. The number of rotatable bonds is 9. The predicted molar refractivity (Wildman–Crippen MR) is 87.2 cm³/mol. The highest BCUT2D eigenvalue weighted by Crippen LogP contribution is 2.14. The lowest BCUT2D eigenvalue weighted by Crippen LogP contribution is -2.27. The topological polar surface area (TPSA) is 43.8 Å². The minimum absolute atomic E-state index is 0.851. The van der Waals surface area contributed by atoms with E-state index < -0.39 is 5.97 Å². The monoisotopic (exact) mass is 290 g/mol. The van der Waals surface area contributed by atoms with Gasteiger partial charge in [-0.1, -0.05) is 31.2 Å². The molecule has 0 saturated carbocycles. The van der Waals surface area contributed by atoms with Crippen LogP contribution < -0.4 is 0 Å². The Balaban J connectivity index is 2.68. The van der Waals surface area contributed by atoms with Crippen LogP contribution >= 0.6 is 0 Å². The molecule has 0 aliphatic rings. The van der Waals surface area contributed by atoms with Gasteiger partial charge in [0.05, 0.1) is 0 Å². The molecular weight excluding hydrogens is 264 g/mol. The van der Waals surface area contributed by atoms with Gasteiger partial charge in [0.2, 0.25) is 0 Å². The molecule has 1 rings (SSSR count). The number of carboxylic acids is 1. The molecule has 0 aromatic heterocycles. The molecular formula is C17H26N2O2. The van der Waals surface area contributed by atoms with Crippen LogP contribution in [0.25, 0.3) is 6.08 Å². The number of carbonyl (C=O) groups is 1. The molecule has 1 aromatic carbocycles. The Kier molecular flexibility index (Phi) is 7.72. The molecule has 0 atom stereocenters. The molecule has 21 heavy (non-hydrogen) atoms. The lowest BCUT2D eigenvalue weighted by molar-refractivity contribution is -0.131. The van der Waals surface area contributed by atoms with Gasteiger partial charge in [0, 0.05) is 12.6 Å². The minimum atomic E-state index is -0.914. The molecule has 4 heteroatoms. The van der Waals surface area contributed by atoms with Crippen molar-refractivity contribution in [1.82, 2.24) is 9.80 Å². The van der Waals surface area contributed by atoms with Crippen molar-refractivity contribution in [2.24, 2.45) is 0 Å². The third kappa shape index (κ3) is 7.06. The highest BCUT2D eigenvalue weighted by atomic mass is 16.4. The van der Waals surface area contributed by atoms with Gasteiger partial charge in [0.15, 0.2) is 0 Å². The Morgan fingerprint density at radius 2 is 1.95 bits per heavy atom. The van der Waals surface area contributed by atoms with Crippen LogP contribution in [0.15, 0.2) is 30.3 Å². The molecule has 0 spiro atoms. The Morgan fingerprint density at radius 3 is 2.57 bits per heavy atom. The van der Waals surface area contributed by atoms with Gasteiger partial charge in [-0.15, -0.1) is 0 Å². The van der Waals surface area contributed by atoms with Crippen LogP contribution in [0.1, 0.15) is 24.5 Å². The van der Waals surface area contributed by atoms with Crippen LogP contribution in [-0.4, -0.2) is 54.6 Å². The summed E-state index contributed by atoms with van der Waals surface area (Å²) in [6, 6.07) is 7.97. The highest BCUT2D eigenvalue weighted by molar-refractivity contribution is 5.85. The van der Waals surface area contributed by atoms with E-state index in [0.717, 1.165) is 38.2 Å². The number of benzene rings is 1. The summed E-state index contributed by atoms with van der Waals surface area (Å²) < 4.78 is 0. The molecule has 0 amide bonds. The van der Waals surface area contributed by atoms with Gasteiger partial charge in [-0.2, -0.15) is 0 Å². The molecule has 116 valence electrons. The van der Waals surface area contributed by atoms with Crippen LogP contribution in [0.5, 0.6) is 0 Å². The van der Waals surface area contributed by atoms with Crippen LogP contribution in [0.3, 0.4) is 0 Å². The first kappa shape index (κ1) is 17.4. The Hall–Kier alpha value is -1.65. The number of hydrogen-bond acceptors (Lipinski definition) is 3. The van der Waals surface area contributed by atoms with Crippen molar-refractivity contribution in [2.45, 2.75) is 19.9 Å². The maximum atomic E-state index is 10.7. The second-order valence-electron chi connectivity index (χ2n) is 5.40. The molecule has 1 aromatic rings.